The predicted molar refractivity (Wildman–Crippen MR) is 85.0 cm³/mol. The van der Waals surface area contributed by atoms with E-state index in [2.05, 4.69) is 9.88 Å². The number of aromatic nitrogens is 2. The number of para-hydroxylation sites is 1. The Bertz CT molecular complexity index is 855. The van der Waals surface area contributed by atoms with Gasteiger partial charge in [-0.2, -0.15) is 0 Å². The molecular weight excluding hydrogens is 297 g/mol. The van der Waals surface area contributed by atoms with Crippen LogP contribution in [0.1, 0.15) is 17.6 Å². The highest BCUT2D eigenvalue weighted by Crippen LogP contribution is 2.29. The first-order chi connectivity index (χ1) is 11.1. The molecule has 3 heterocycles. The maximum absolute atomic E-state index is 14.0. The summed E-state index contributed by atoms with van der Waals surface area (Å²) in [4.78, 5) is 6.61. The molecule has 0 unspecified atom stereocenters. The molecule has 120 valence electrons. The van der Waals surface area contributed by atoms with Crippen molar-refractivity contribution in [3.8, 4) is 0 Å². The molecule has 0 bridgehead atoms. The van der Waals surface area contributed by atoms with Gasteiger partial charge in [0.25, 0.3) is 0 Å². The van der Waals surface area contributed by atoms with Crippen LogP contribution in [0.2, 0.25) is 0 Å². The maximum Gasteiger partial charge on any atom is 0.206 e. The normalized spacial score (nSPS) is 18.7. The fraction of sp³-hybridized carbons (Fsp3) is 0.353. The molecular formula is C17H18FN3O2. The van der Waals surface area contributed by atoms with E-state index >= 15 is 0 Å². The Morgan fingerprint density at radius 2 is 2.13 bits per heavy atom. The second kappa shape index (κ2) is 5.38. The number of hydrogen-bond donors (Lipinski definition) is 0. The number of anilines is 1. The van der Waals surface area contributed by atoms with Crippen LogP contribution in [-0.2, 0) is 11.8 Å². The molecule has 0 saturated carbocycles. The van der Waals surface area contributed by atoms with Crippen molar-refractivity contribution in [2.75, 3.05) is 24.6 Å². The molecule has 4 rings (SSSR count). The Kier molecular flexibility index (Phi) is 3.34. The lowest BCUT2D eigenvalue weighted by Gasteiger charge is -2.32. The van der Waals surface area contributed by atoms with Crippen LogP contribution in [0.4, 0.5) is 10.3 Å². The van der Waals surface area contributed by atoms with E-state index < -0.39 is 0 Å². The smallest absolute Gasteiger partial charge is 0.206 e. The molecule has 23 heavy (non-hydrogen) atoms. The molecule has 0 radical (unpaired) electrons. The fourth-order valence-electron chi connectivity index (χ4n) is 3.08. The minimum Gasteiger partial charge on any atom is -0.464 e. The van der Waals surface area contributed by atoms with Gasteiger partial charge >= 0.3 is 0 Å². The SMILES string of the molecule is Cc1ccc([C@@H]2CN(c3nc4c(F)cccc4n3C)CCO2)o1. The molecule has 0 amide bonds. The van der Waals surface area contributed by atoms with Crippen molar-refractivity contribution in [1.29, 1.82) is 0 Å². The van der Waals surface area contributed by atoms with Gasteiger partial charge in [-0.3, -0.25) is 0 Å². The average Bonchev–Trinajstić information content (AvgIpc) is 3.13. The Labute approximate surface area is 133 Å². The van der Waals surface area contributed by atoms with Crippen LogP contribution in [-0.4, -0.2) is 29.2 Å². The molecule has 0 spiro atoms. The number of benzene rings is 1. The van der Waals surface area contributed by atoms with Gasteiger partial charge in [0, 0.05) is 13.6 Å². The summed E-state index contributed by atoms with van der Waals surface area (Å²) in [6, 6.07) is 8.90. The number of fused-ring (bicyclic) bond motifs is 1. The van der Waals surface area contributed by atoms with E-state index in [-0.39, 0.29) is 11.9 Å². The van der Waals surface area contributed by atoms with Crippen molar-refractivity contribution in [2.45, 2.75) is 13.0 Å². The number of ether oxygens (including phenoxy) is 1. The van der Waals surface area contributed by atoms with Crippen molar-refractivity contribution in [2.24, 2.45) is 7.05 Å². The van der Waals surface area contributed by atoms with Crippen LogP contribution in [0.5, 0.6) is 0 Å². The molecule has 1 aliphatic rings. The molecule has 1 aliphatic heterocycles. The van der Waals surface area contributed by atoms with Crippen molar-refractivity contribution < 1.29 is 13.5 Å². The molecule has 6 heteroatoms. The van der Waals surface area contributed by atoms with E-state index in [4.69, 9.17) is 9.15 Å². The summed E-state index contributed by atoms with van der Waals surface area (Å²) in [7, 11) is 1.91. The Hall–Kier alpha value is -2.34. The largest absolute Gasteiger partial charge is 0.464 e. The minimum atomic E-state index is -0.296. The highest BCUT2D eigenvalue weighted by Gasteiger charge is 2.27. The van der Waals surface area contributed by atoms with Gasteiger partial charge in [0.05, 0.1) is 18.7 Å². The number of morpholine rings is 1. The molecule has 1 aromatic carbocycles. The van der Waals surface area contributed by atoms with E-state index in [9.17, 15) is 4.39 Å². The molecule has 1 fully saturated rings. The van der Waals surface area contributed by atoms with Crippen molar-refractivity contribution >= 4 is 17.0 Å². The molecule has 1 atom stereocenters. The van der Waals surface area contributed by atoms with Gasteiger partial charge < -0.3 is 18.6 Å². The van der Waals surface area contributed by atoms with E-state index in [1.165, 1.54) is 6.07 Å². The number of hydrogen-bond acceptors (Lipinski definition) is 4. The van der Waals surface area contributed by atoms with Gasteiger partial charge in [-0.1, -0.05) is 6.07 Å². The summed E-state index contributed by atoms with van der Waals surface area (Å²) >= 11 is 0. The standard InChI is InChI=1S/C17H18FN3O2/c1-11-6-7-14(23-11)15-10-21(8-9-22-15)17-19-16-12(18)4-3-5-13(16)20(17)2/h3-7,15H,8-10H2,1-2H3/t15-/m0/s1. The molecule has 0 N–H and O–H groups in total. The molecule has 3 aromatic rings. The number of aryl methyl sites for hydroxylation is 2. The zero-order valence-corrected chi connectivity index (χ0v) is 13.1. The van der Waals surface area contributed by atoms with Crippen molar-refractivity contribution in [1.82, 2.24) is 9.55 Å². The summed E-state index contributed by atoms with van der Waals surface area (Å²) in [5.74, 6) is 2.14. The third kappa shape index (κ3) is 2.39. The third-order valence-electron chi connectivity index (χ3n) is 4.27. The second-order valence-electron chi connectivity index (χ2n) is 5.83. The Morgan fingerprint density at radius 3 is 2.87 bits per heavy atom. The van der Waals surface area contributed by atoms with Gasteiger partial charge in [-0.15, -0.1) is 0 Å². The summed E-state index contributed by atoms with van der Waals surface area (Å²) in [6.07, 6.45) is -0.137. The van der Waals surface area contributed by atoms with Gasteiger partial charge in [0.2, 0.25) is 5.95 Å². The summed E-state index contributed by atoms with van der Waals surface area (Å²) in [5.41, 5.74) is 1.19. The van der Waals surface area contributed by atoms with Crippen LogP contribution in [0.3, 0.4) is 0 Å². The molecule has 5 nitrogen and oxygen atoms in total. The quantitative estimate of drug-likeness (QED) is 0.728. The molecule has 2 aromatic heterocycles. The number of nitrogens with zero attached hydrogens (tertiary/aromatic N) is 3. The van der Waals surface area contributed by atoms with Gasteiger partial charge in [0.1, 0.15) is 23.1 Å². The van der Waals surface area contributed by atoms with Crippen LogP contribution >= 0.6 is 0 Å². The van der Waals surface area contributed by atoms with Crippen LogP contribution < -0.4 is 4.90 Å². The lowest BCUT2D eigenvalue weighted by Crippen LogP contribution is -2.39. The van der Waals surface area contributed by atoms with Gasteiger partial charge in [-0.25, -0.2) is 9.37 Å². The highest BCUT2D eigenvalue weighted by atomic mass is 19.1. The zero-order chi connectivity index (χ0) is 16.0. The van der Waals surface area contributed by atoms with Gasteiger partial charge in [0.15, 0.2) is 5.82 Å². The number of halogens is 1. The number of furan rings is 1. The van der Waals surface area contributed by atoms with Crippen molar-refractivity contribution in [3.63, 3.8) is 0 Å². The second-order valence-corrected chi connectivity index (χ2v) is 5.83. The van der Waals surface area contributed by atoms with E-state index in [1.807, 2.05) is 36.7 Å². The van der Waals surface area contributed by atoms with Crippen LogP contribution in [0.25, 0.3) is 11.0 Å². The van der Waals surface area contributed by atoms with E-state index in [0.29, 0.717) is 18.7 Å². The van der Waals surface area contributed by atoms with E-state index in [0.717, 1.165) is 29.5 Å². The van der Waals surface area contributed by atoms with Crippen LogP contribution in [0, 0.1) is 12.7 Å². The lowest BCUT2D eigenvalue weighted by molar-refractivity contribution is 0.0246. The summed E-state index contributed by atoms with van der Waals surface area (Å²) in [5, 5.41) is 0. The Balaban J connectivity index is 1.67. The highest BCUT2D eigenvalue weighted by molar-refractivity contribution is 5.79. The first-order valence-electron chi connectivity index (χ1n) is 7.67. The first kappa shape index (κ1) is 14.3. The van der Waals surface area contributed by atoms with Crippen molar-refractivity contribution in [3.05, 3.63) is 47.7 Å². The van der Waals surface area contributed by atoms with Gasteiger partial charge in [-0.05, 0) is 31.2 Å². The monoisotopic (exact) mass is 315 g/mol. The van der Waals surface area contributed by atoms with Crippen LogP contribution in [0.15, 0.2) is 34.7 Å². The number of rotatable bonds is 2. The van der Waals surface area contributed by atoms with E-state index in [1.54, 1.807) is 6.07 Å². The summed E-state index contributed by atoms with van der Waals surface area (Å²) in [6.45, 7) is 3.84. The molecule has 1 saturated heterocycles. The molecule has 0 aliphatic carbocycles. The zero-order valence-electron chi connectivity index (χ0n) is 13.1. The maximum atomic E-state index is 14.0. The summed E-state index contributed by atoms with van der Waals surface area (Å²) < 4.78 is 27.4. The minimum absolute atomic E-state index is 0.137. The third-order valence-corrected chi connectivity index (χ3v) is 4.27. The Morgan fingerprint density at radius 1 is 1.26 bits per heavy atom. The lowest BCUT2D eigenvalue weighted by atomic mass is 10.2. The average molecular weight is 315 g/mol. The number of imidazole rings is 1. The topological polar surface area (TPSA) is 43.4 Å². The predicted octanol–water partition coefficient (Wildman–Crippen LogP) is 3.19. The first-order valence-corrected chi connectivity index (χ1v) is 7.67. The fourth-order valence-corrected chi connectivity index (χ4v) is 3.08.